The first-order valence-electron chi connectivity index (χ1n) is 11.9. The number of carbonyl (C=O) groups excluding carboxylic acids is 3. The monoisotopic (exact) mass is 595 g/mol. The molecule has 0 saturated carbocycles. The van der Waals surface area contributed by atoms with Gasteiger partial charge < -0.3 is 20.4 Å². The molecule has 210 valence electrons. The van der Waals surface area contributed by atoms with Crippen LogP contribution in [0, 0.1) is 0 Å². The fourth-order valence-electron chi connectivity index (χ4n) is 4.09. The molecule has 2 atom stereocenters. The number of aryl methyl sites for hydroxylation is 1. The minimum absolute atomic E-state index is 0.131. The Labute approximate surface area is 240 Å². The smallest absolute Gasteiger partial charge is 0.365 e. The number of amides is 2. The molecule has 0 bridgehead atoms. The summed E-state index contributed by atoms with van der Waals surface area (Å²) >= 11 is 2.53. The Hall–Kier alpha value is -4.70. The molecule has 0 aliphatic carbocycles. The number of phenols is 1. The summed E-state index contributed by atoms with van der Waals surface area (Å²) in [5.74, 6) is -3.18. The van der Waals surface area contributed by atoms with Crippen LogP contribution in [0.5, 0.6) is 5.75 Å². The summed E-state index contributed by atoms with van der Waals surface area (Å²) in [7, 11) is 1.66. The lowest BCUT2D eigenvalue weighted by atomic mass is 10.0. The highest BCUT2D eigenvalue weighted by Gasteiger charge is 2.54. The van der Waals surface area contributed by atoms with E-state index in [-0.39, 0.29) is 34.0 Å². The van der Waals surface area contributed by atoms with Gasteiger partial charge in [-0.2, -0.15) is 0 Å². The molecule has 3 N–H and O–H groups in total. The second kappa shape index (κ2) is 11.8. The van der Waals surface area contributed by atoms with Gasteiger partial charge in [0.25, 0.3) is 11.8 Å². The number of fused-ring (bicyclic) bond motifs is 1. The van der Waals surface area contributed by atoms with E-state index in [1.165, 1.54) is 64.6 Å². The van der Waals surface area contributed by atoms with Gasteiger partial charge in [0, 0.05) is 24.1 Å². The number of benzene rings is 2. The number of carbonyl (C=O) groups is 4. The van der Waals surface area contributed by atoms with Gasteiger partial charge in [-0.05, 0) is 40.3 Å². The second-order valence-electron chi connectivity index (χ2n) is 8.73. The third kappa shape index (κ3) is 5.78. The van der Waals surface area contributed by atoms with Gasteiger partial charge in [0.15, 0.2) is 5.71 Å². The van der Waals surface area contributed by atoms with Crippen LogP contribution in [0.3, 0.4) is 0 Å². The maximum Gasteiger partial charge on any atom is 0.365 e. The zero-order valence-electron chi connectivity index (χ0n) is 21.2. The van der Waals surface area contributed by atoms with E-state index < -0.39 is 35.2 Å². The van der Waals surface area contributed by atoms with Gasteiger partial charge in [-0.25, -0.2) is 14.3 Å². The van der Waals surface area contributed by atoms with E-state index in [1.807, 2.05) is 0 Å². The number of hydrogen-bond donors (Lipinski definition) is 3. The van der Waals surface area contributed by atoms with Crippen LogP contribution >= 0.6 is 23.5 Å². The lowest BCUT2D eigenvalue weighted by Gasteiger charge is -2.49. The molecule has 3 aromatic rings. The Morgan fingerprint density at radius 1 is 1.17 bits per heavy atom. The van der Waals surface area contributed by atoms with Gasteiger partial charge in [-0.15, -0.1) is 16.9 Å². The van der Waals surface area contributed by atoms with Crippen molar-refractivity contribution in [3.05, 3.63) is 77.0 Å². The summed E-state index contributed by atoms with van der Waals surface area (Å²) in [6.45, 7) is 0. The predicted octanol–water partition coefficient (Wildman–Crippen LogP) is 1.01. The number of rotatable bonds is 9. The third-order valence-corrected chi connectivity index (χ3v) is 8.49. The highest BCUT2D eigenvalue weighted by molar-refractivity contribution is 8.01. The maximum atomic E-state index is 13.3. The van der Waals surface area contributed by atoms with E-state index in [0.29, 0.717) is 16.5 Å². The molecule has 5 rings (SSSR count). The van der Waals surface area contributed by atoms with Gasteiger partial charge in [-0.3, -0.25) is 14.5 Å². The summed E-state index contributed by atoms with van der Waals surface area (Å²) in [4.78, 5) is 57.2. The topological polar surface area (TPSA) is 189 Å². The molecular weight excluding hydrogens is 574 g/mol. The van der Waals surface area contributed by atoms with Crippen molar-refractivity contribution >= 4 is 53.0 Å². The summed E-state index contributed by atoms with van der Waals surface area (Å²) in [5, 5.41) is 37.1. The third-order valence-electron chi connectivity index (χ3n) is 6.06. The number of carboxylic acid groups (broad SMARTS) is 1. The average molecular weight is 596 g/mol. The first-order valence-corrected chi connectivity index (χ1v) is 14.0. The SMILES string of the molecule is Cn1nnnc1SCC1=C(C(=O)O)N2C(=O)C(NC(=O)/C(=N/OC(=O)c3ccccc3)c3cccc(O)c3)[C@H]2SC1. The van der Waals surface area contributed by atoms with Crippen LogP contribution in [0.25, 0.3) is 0 Å². The molecule has 1 unspecified atom stereocenters. The maximum absolute atomic E-state index is 13.3. The van der Waals surface area contributed by atoms with Gasteiger partial charge in [0.05, 0.1) is 5.56 Å². The van der Waals surface area contributed by atoms with Crippen LogP contribution in [0.15, 0.2) is 76.2 Å². The molecule has 0 radical (unpaired) electrons. The number of carboxylic acids is 1. The van der Waals surface area contributed by atoms with E-state index >= 15 is 0 Å². The van der Waals surface area contributed by atoms with Crippen LogP contribution in [0.1, 0.15) is 15.9 Å². The standard InChI is InChI=1S/C25H21N7O7S2/c1-31-25(27-29-30-31)41-12-15-11-40-22-18(21(35)32(22)19(15)23(36)37)26-20(34)17(14-8-5-9-16(33)10-14)28-39-24(38)13-6-3-2-4-7-13/h2-10,18,22,33H,11-12H2,1H3,(H,26,34)(H,36,37)/b28-17+/t18?,22-/m1/s1. The first-order chi connectivity index (χ1) is 19.7. The van der Waals surface area contributed by atoms with Gasteiger partial charge >= 0.3 is 11.9 Å². The van der Waals surface area contributed by atoms with E-state index in [0.717, 1.165) is 4.90 Å². The molecule has 2 aliphatic heterocycles. The second-order valence-corrected chi connectivity index (χ2v) is 10.8. The lowest BCUT2D eigenvalue weighted by molar-refractivity contribution is -0.150. The van der Waals surface area contributed by atoms with Crippen molar-refractivity contribution in [3.8, 4) is 5.75 Å². The van der Waals surface area contributed by atoms with Crippen LogP contribution in [0.2, 0.25) is 0 Å². The number of β-lactam (4-membered cyclic amide) rings is 1. The Kier molecular flexibility index (Phi) is 8.02. The fraction of sp³-hybridized carbons (Fsp3) is 0.200. The first kappa shape index (κ1) is 27.9. The van der Waals surface area contributed by atoms with Crippen LogP contribution in [-0.2, 0) is 26.3 Å². The molecule has 1 fully saturated rings. The van der Waals surface area contributed by atoms with Crippen molar-refractivity contribution in [1.29, 1.82) is 0 Å². The van der Waals surface area contributed by atoms with Gasteiger partial charge in [0.2, 0.25) is 5.16 Å². The summed E-state index contributed by atoms with van der Waals surface area (Å²) in [6, 6.07) is 12.5. The number of tetrazole rings is 1. The minimum Gasteiger partial charge on any atom is -0.508 e. The van der Waals surface area contributed by atoms with E-state index in [9.17, 15) is 29.4 Å². The van der Waals surface area contributed by atoms with Crippen molar-refractivity contribution in [2.75, 3.05) is 11.5 Å². The molecule has 0 spiro atoms. The van der Waals surface area contributed by atoms with Crippen molar-refractivity contribution in [1.82, 2.24) is 30.4 Å². The van der Waals surface area contributed by atoms with E-state index in [1.54, 1.807) is 25.2 Å². The quantitative estimate of drug-likeness (QED) is 0.105. The molecular formula is C25H21N7O7S2. The largest absolute Gasteiger partial charge is 0.508 e. The van der Waals surface area contributed by atoms with Crippen molar-refractivity contribution < 1.29 is 34.2 Å². The highest BCUT2D eigenvalue weighted by Crippen LogP contribution is 2.41. The van der Waals surface area contributed by atoms with Crippen molar-refractivity contribution in [2.24, 2.45) is 12.2 Å². The van der Waals surface area contributed by atoms with Crippen molar-refractivity contribution in [2.45, 2.75) is 16.6 Å². The number of hydrogen-bond acceptors (Lipinski definition) is 12. The number of aromatic hydroxyl groups is 1. The molecule has 2 aliphatic rings. The molecule has 1 saturated heterocycles. The van der Waals surface area contributed by atoms with Gasteiger partial charge in [-0.1, -0.05) is 47.2 Å². The van der Waals surface area contributed by atoms with E-state index in [4.69, 9.17) is 4.84 Å². The zero-order valence-corrected chi connectivity index (χ0v) is 22.8. The van der Waals surface area contributed by atoms with Crippen LogP contribution < -0.4 is 5.32 Å². The number of aromatic nitrogens is 4. The normalized spacial score (nSPS) is 18.4. The Bertz CT molecular complexity index is 1590. The average Bonchev–Trinajstić information content (AvgIpc) is 3.38. The predicted molar refractivity (Wildman–Crippen MR) is 146 cm³/mol. The molecule has 14 nitrogen and oxygen atoms in total. The number of nitrogens with zero attached hydrogens (tertiary/aromatic N) is 6. The Balaban J connectivity index is 1.34. The molecule has 16 heteroatoms. The molecule has 1 aromatic heterocycles. The molecule has 41 heavy (non-hydrogen) atoms. The van der Waals surface area contributed by atoms with Crippen molar-refractivity contribution in [3.63, 3.8) is 0 Å². The Morgan fingerprint density at radius 2 is 1.93 bits per heavy atom. The summed E-state index contributed by atoms with van der Waals surface area (Å²) in [6.07, 6.45) is 0. The summed E-state index contributed by atoms with van der Waals surface area (Å²) < 4.78 is 1.45. The summed E-state index contributed by atoms with van der Waals surface area (Å²) in [5.41, 5.74) is 0.338. The van der Waals surface area contributed by atoms with Gasteiger partial charge in [0.1, 0.15) is 22.9 Å². The minimum atomic E-state index is -1.27. The van der Waals surface area contributed by atoms with Crippen LogP contribution in [0.4, 0.5) is 0 Å². The highest BCUT2D eigenvalue weighted by atomic mass is 32.2. The van der Waals surface area contributed by atoms with Crippen LogP contribution in [-0.4, -0.2) is 87.7 Å². The van der Waals surface area contributed by atoms with E-state index in [2.05, 4.69) is 26.0 Å². The zero-order chi connectivity index (χ0) is 29.1. The molecule has 2 amide bonds. The number of aliphatic carboxylic acids is 1. The Morgan fingerprint density at radius 3 is 2.61 bits per heavy atom. The number of nitrogens with one attached hydrogen (secondary N) is 1. The number of thioether (sulfide) groups is 2. The number of phenolic OH excluding ortho intramolecular Hbond substituents is 1. The molecule has 3 heterocycles. The molecule has 2 aromatic carbocycles. The fourth-order valence-corrected chi connectivity index (χ4v) is 6.43. The lowest BCUT2D eigenvalue weighted by Crippen LogP contribution is -2.71. The number of oxime groups is 1.